The third kappa shape index (κ3) is 10.5. The van der Waals surface area contributed by atoms with Gasteiger partial charge in [0.15, 0.2) is 0 Å². The van der Waals surface area contributed by atoms with E-state index in [1.807, 2.05) is 0 Å². The maximum absolute atomic E-state index is 2.34. The van der Waals surface area contributed by atoms with E-state index in [4.69, 9.17) is 0 Å². The molecule has 0 spiro atoms. The van der Waals surface area contributed by atoms with E-state index in [0.29, 0.717) is 0 Å². The first-order valence-corrected chi connectivity index (χ1v) is 7.35. The van der Waals surface area contributed by atoms with E-state index >= 15 is 0 Å². The van der Waals surface area contributed by atoms with Crippen LogP contribution in [-0.2, 0) is 0 Å². The highest BCUT2D eigenvalue weighted by atomic mass is 15.1. The van der Waals surface area contributed by atoms with Gasteiger partial charge in [-0.05, 0) is 32.9 Å². The van der Waals surface area contributed by atoms with Crippen molar-refractivity contribution in [1.29, 1.82) is 0 Å². The van der Waals surface area contributed by atoms with Gasteiger partial charge in [0.2, 0.25) is 0 Å². The van der Waals surface area contributed by atoms with Crippen molar-refractivity contribution in [2.24, 2.45) is 5.92 Å². The summed E-state index contributed by atoms with van der Waals surface area (Å²) in [5, 5.41) is 0. The van der Waals surface area contributed by atoms with Crippen molar-refractivity contribution in [2.45, 2.75) is 71.6 Å². The molecule has 1 heteroatoms. The molecular weight excluding hydrogens is 194 g/mol. The minimum absolute atomic E-state index is 0.936. The largest absolute Gasteiger partial charge is 0.309 e. The predicted octanol–water partition coefficient (Wildman–Crippen LogP) is 4.71. The molecule has 0 radical (unpaired) electrons. The van der Waals surface area contributed by atoms with Gasteiger partial charge < -0.3 is 4.90 Å². The Bertz CT molecular complexity index is 131. The van der Waals surface area contributed by atoms with Crippen molar-refractivity contribution >= 4 is 0 Å². The summed E-state index contributed by atoms with van der Waals surface area (Å²) in [5.41, 5.74) is 0. The van der Waals surface area contributed by atoms with Crippen LogP contribution in [0.1, 0.15) is 71.6 Å². The van der Waals surface area contributed by atoms with Crippen molar-refractivity contribution in [2.75, 3.05) is 20.6 Å². The van der Waals surface area contributed by atoms with E-state index in [1.165, 1.54) is 64.3 Å². The lowest BCUT2D eigenvalue weighted by atomic mass is 9.95. The van der Waals surface area contributed by atoms with Gasteiger partial charge in [-0.1, -0.05) is 58.8 Å². The summed E-state index contributed by atoms with van der Waals surface area (Å²) in [6.45, 7) is 5.88. The maximum Gasteiger partial charge on any atom is 0.000356 e. The Morgan fingerprint density at radius 2 is 1.38 bits per heavy atom. The lowest BCUT2D eigenvalue weighted by Gasteiger charge is -2.20. The zero-order valence-corrected chi connectivity index (χ0v) is 12.1. The minimum Gasteiger partial charge on any atom is -0.309 e. The molecule has 0 aromatic rings. The van der Waals surface area contributed by atoms with Crippen LogP contribution in [0.25, 0.3) is 0 Å². The summed E-state index contributed by atoms with van der Waals surface area (Å²) in [6, 6.07) is 0. The smallest absolute Gasteiger partial charge is 0.000356 e. The van der Waals surface area contributed by atoms with Crippen molar-refractivity contribution in [3.63, 3.8) is 0 Å². The molecule has 0 heterocycles. The van der Waals surface area contributed by atoms with E-state index in [-0.39, 0.29) is 0 Å². The molecule has 0 saturated heterocycles. The van der Waals surface area contributed by atoms with Crippen molar-refractivity contribution in [1.82, 2.24) is 4.90 Å². The van der Waals surface area contributed by atoms with E-state index < -0.39 is 0 Å². The molecule has 1 nitrogen and oxygen atoms in total. The minimum atomic E-state index is 0.936. The second-order valence-electron chi connectivity index (χ2n) is 5.47. The molecule has 0 saturated carbocycles. The Hall–Kier alpha value is -0.0400. The van der Waals surface area contributed by atoms with E-state index in [0.717, 1.165) is 5.92 Å². The van der Waals surface area contributed by atoms with Gasteiger partial charge in [0.1, 0.15) is 0 Å². The maximum atomic E-state index is 2.34. The van der Waals surface area contributed by atoms with Crippen LogP contribution < -0.4 is 0 Å². The van der Waals surface area contributed by atoms with Crippen LogP contribution in [0.5, 0.6) is 0 Å². The molecule has 16 heavy (non-hydrogen) atoms. The number of hydrogen-bond acceptors (Lipinski definition) is 1. The van der Waals surface area contributed by atoms with E-state index in [9.17, 15) is 0 Å². The monoisotopic (exact) mass is 227 g/mol. The fraction of sp³-hybridized carbons (Fsp3) is 1.00. The molecule has 0 aliphatic rings. The first-order valence-electron chi connectivity index (χ1n) is 7.35. The lowest BCUT2D eigenvalue weighted by molar-refractivity contribution is 0.291. The molecule has 98 valence electrons. The van der Waals surface area contributed by atoms with E-state index in [1.54, 1.807) is 0 Å². The van der Waals surface area contributed by atoms with Gasteiger partial charge in [-0.25, -0.2) is 0 Å². The highest BCUT2D eigenvalue weighted by Gasteiger charge is 2.08. The lowest BCUT2D eigenvalue weighted by Crippen LogP contribution is -2.21. The summed E-state index contributed by atoms with van der Waals surface area (Å²) < 4.78 is 0. The summed E-state index contributed by atoms with van der Waals surface area (Å²) >= 11 is 0. The van der Waals surface area contributed by atoms with Crippen molar-refractivity contribution < 1.29 is 0 Å². The fourth-order valence-corrected chi connectivity index (χ4v) is 2.46. The molecule has 0 N–H and O–H groups in total. The number of nitrogens with zero attached hydrogens (tertiary/aromatic N) is 1. The van der Waals surface area contributed by atoms with Crippen LogP contribution in [0, 0.1) is 5.92 Å². The second-order valence-corrected chi connectivity index (χ2v) is 5.47. The van der Waals surface area contributed by atoms with E-state index in [2.05, 4.69) is 32.8 Å². The SMILES string of the molecule is CCCCCCCCC(CCC)CN(C)C. The van der Waals surface area contributed by atoms with Gasteiger partial charge in [0, 0.05) is 6.54 Å². The van der Waals surface area contributed by atoms with Gasteiger partial charge in [0.05, 0.1) is 0 Å². The van der Waals surface area contributed by atoms with Crippen LogP contribution in [0.4, 0.5) is 0 Å². The molecule has 0 bridgehead atoms. The van der Waals surface area contributed by atoms with Crippen LogP contribution in [0.2, 0.25) is 0 Å². The summed E-state index contributed by atoms with van der Waals surface area (Å²) in [6.07, 6.45) is 12.8. The molecule has 1 unspecified atom stereocenters. The molecule has 0 aromatic heterocycles. The number of hydrogen-bond donors (Lipinski definition) is 0. The summed E-state index contributed by atoms with van der Waals surface area (Å²) in [4.78, 5) is 2.34. The molecule has 1 atom stereocenters. The van der Waals surface area contributed by atoms with Gasteiger partial charge in [0.25, 0.3) is 0 Å². The molecule has 0 rings (SSSR count). The zero-order chi connectivity index (χ0) is 12.2. The van der Waals surface area contributed by atoms with Gasteiger partial charge >= 0.3 is 0 Å². The summed E-state index contributed by atoms with van der Waals surface area (Å²) in [7, 11) is 4.40. The van der Waals surface area contributed by atoms with Crippen LogP contribution >= 0.6 is 0 Å². The number of rotatable bonds is 11. The molecule has 0 aliphatic heterocycles. The normalized spacial score (nSPS) is 13.3. The topological polar surface area (TPSA) is 3.24 Å². The predicted molar refractivity (Wildman–Crippen MR) is 74.9 cm³/mol. The Morgan fingerprint density at radius 3 is 1.94 bits per heavy atom. The highest BCUT2D eigenvalue weighted by Crippen LogP contribution is 2.17. The average Bonchev–Trinajstić information content (AvgIpc) is 2.22. The fourth-order valence-electron chi connectivity index (χ4n) is 2.46. The molecule has 0 fully saturated rings. The molecule has 0 aliphatic carbocycles. The first kappa shape index (κ1) is 16.0. The Labute approximate surface area is 104 Å². The first-order chi connectivity index (χ1) is 7.70. The third-order valence-electron chi connectivity index (χ3n) is 3.29. The van der Waals surface area contributed by atoms with Crippen molar-refractivity contribution in [3.8, 4) is 0 Å². The van der Waals surface area contributed by atoms with Gasteiger partial charge in [-0.15, -0.1) is 0 Å². The van der Waals surface area contributed by atoms with Crippen LogP contribution in [0.3, 0.4) is 0 Å². The van der Waals surface area contributed by atoms with Crippen molar-refractivity contribution in [3.05, 3.63) is 0 Å². The number of unbranched alkanes of at least 4 members (excludes halogenated alkanes) is 5. The second kappa shape index (κ2) is 11.4. The molecule has 0 amide bonds. The molecular formula is C15H33N. The Kier molecular flexibility index (Phi) is 11.4. The third-order valence-corrected chi connectivity index (χ3v) is 3.29. The average molecular weight is 227 g/mol. The van der Waals surface area contributed by atoms with Gasteiger partial charge in [-0.3, -0.25) is 0 Å². The van der Waals surface area contributed by atoms with Gasteiger partial charge in [-0.2, -0.15) is 0 Å². The quantitative estimate of drug-likeness (QED) is 0.462. The zero-order valence-electron chi connectivity index (χ0n) is 12.1. The molecule has 0 aromatic carbocycles. The standard InChI is InChI=1S/C15H33N/c1-5-7-8-9-10-11-13-15(12-6-2)14-16(3)4/h15H,5-14H2,1-4H3. The Morgan fingerprint density at radius 1 is 0.750 bits per heavy atom. The van der Waals surface area contributed by atoms with Crippen LogP contribution in [-0.4, -0.2) is 25.5 Å². The summed E-state index contributed by atoms with van der Waals surface area (Å²) in [5.74, 6) is 0.936. The van der Waals surface area contributed by atoms with Crippen LogP contribution in [0.15, 0.2) is 0 Å². The Balaban J connectivity index is 3.44. The highest BCUT2D eigenvalue weighted by molar-refractivity contribution is 4.62.